The molecule has 0 saturated heterocycles. The van der Waals surface area contributed by atoms with Crippen molar-refractivity contribution in [2.24, 2.45) is 0 Å². The summed E-state index contributed by atoms with van der Waals surface area (Å²) < 4.78 is 31.7. The van der Waals surface area contributed by atoms with E-state index in [0.29, 0.717) is 24.5 Å². The van der Waals surface area contributed by atoms with E-state index in [-0.39, 0.29) is 16.6 Å². The van der Waals surface area contributed by atoms with Crippen LogP contribution in [-0.4, -0.2) is 37.5 Å². The molecule has 0 aliphatic carbocycles. The lowest BCUT2D eigenvalue weighted by Gasteiger charge is -2.18. The van der Waals surface area contributed by atoms with Gasteiger partial charge in [-0.3, -0.25) is 4.79 Å². The van der Waals surface area contributed by atoms with Gasteiger partial charge in [-0.15, -0.1) is 11.8 Å². The fourth-order valence-corrected chi connectivity index (χ4v) is 4.51. The third kappa shape index (κ3) is 5.35. The average molecular weight is 383 g/mol. The van der Waals surface area contributed by atoms with Crippen LogP contribution >= 0.6 is 11.8 Å². The molecule has 2 rings (SSSR count). The Kier molecular flexibility index (Phi) is 7.10. The van der Waals surface area contributed by atoms with Gasteiger partial charge in [-0.25, -0.2) is 8.42 Å². The van der Waals surface area contributed by atoms with Gasteiger partial charge in [0.1, 0.15) is 5.76 Å². The molecule has 2 aromatic rings. The highest BCUT2D eigenvalue weighted by Gasteiger charge is 2.21. The molecule has 0 unspecified atom stereocenters. The Morgan fingerprint density at radius 2 is 1.96 bits per heavy atom. The standard InChI is InChI=1S/C17H22N2O4S2/c1-3-19(4-2)25(21,22)16-9-5-7-14(11-16)18-17(20)13-24-12-15-8-6-10-23-15/h5-11H,3-4,12-13H2,1-2H3,(H,18,20). The maximum Gasteiger partial charge on any atom is 0.243 e. The molecule has 136 valence electrons. The quantitative estimate of drug-likeness (QED) is 0.720. The zero-order chi connectivity index (χ0) is 18.3. The van der Waals surface area contributed by atoms with Crippen molar-refractivity contribution in [2.45, 2.75) is 24.5 Å². The van der Waals surface area contributed by atoms with Gasteiger partial charge in [-0.2, -0.15) is 4.31 Å². The molecule has 0 atom stereocenters. The molecular formula is C17H22N2O4S2. The van der Waals surface area contributed by atoms with Crippen LogP contribution in [0.25, 0.3) is 0 Å². The SMILES string of the molecule is CCN(CC)S(=O)(=O)c1cccc(NC(=O)CSCc2ccco2)c1. The van der Waals surface area contributed by atoms with Gasteiger partial charge in [0.25, 0.3) is 0 Å². The first-order chi connectivity index (χ1) is 12.0. The van der Waals surface area contributed by atoms with Gasteiger partial charge in [0.15, 0.2) is 0 Å². The van der Waals surface area contributed by atoms with E-state index < -0.39 is 10.0 Å². The predicted molar refractivity (Wildman–Crippen MR) is 100 cm³/mol. The second kappa shape index (κ2) is 9.07. The van der Waals surface area contributed by atoms with E-state index >= 15 is 0 Å². The van der Waals surface area contributed by atoms with Crippen LogP contribution in [0.2, 0.25) is 0 Å². The van der Waals surface area contributed by atoms with Crippen molar-refractivity contribution >= 4 is 33.4 Å². The van der Waals surface area contributed by atoms with Gasteiger partial charge in [0.05, 0.1) is 22.7 Å². The van der Waals surface area contributed by atoms with Gasteiger partial charge < -0.3 is 9.73 Å². The normalized spacial score (nSPS) is 11.6. The summed E-state index contributed by atoms with van der Waals surface area (Å²) in [5, 5.41) is 2.74. The Balaban J connectivity index is 1.97. The highest BCUT2D eigenvalue weighted by molar-refractivity contribution is 7.99. The van der Waals surface area contributed by atoms with Crippen LogP contribution in [0, 0.1) is 0 Å². The maximum absolute atomic E-state index is 12.5. The number of thioether (sulfide) groups is 1. The lowest BCUT2D eigenvalue weighted by atomic mass is 10.3. The van der Waals surface area contributed by atoms with E-state index in [2.05, 4.69) is 5.32 Å². The molecule has 1 heterocycles. The van der Waals surface area contributed by atoms with E-state index in [1.54, 1.807) is 38.3 Å². The zero-order valence-corrected chi connectivity index (χ0v) is 15.9. The second-order valence-electron chi connectivity index (χ2n) is 5.24. The average Bonchev–Trinajstić information content (AvgIpc) is 3.09. The molecule has 0 aliphatic heterocycles. The summed E-state index contributed by atoms with van der Waals surface area (Å²) in [5.41, 5.74) is 0.469. The molecule has 8 heteroatoms. The van der Waals surface area contributed by atoms with Crippen molar-refractivity contribution in [2.75, 3.05) is 24.2 Å². The van der Waals surface area contributed by atoms with Crippen LogP contribution in [0.3, 0.4) is 0 Å². The Morgan fingerprint density at radius 3 is 2.60 bits per heavy atom. The number of nitrogens with one attached hydrogen (secondary N) is 1. The summed E-state index contributed by atoms with van der Waals surface area (Å²) in [7, 11) is -3.54. The molecule has 0 fully saturated rings. The number of hydrogen-bond acceptors (Lipinski definition) is 5. The minimum absolute atomic E-state index is 0.178. The van der Waals surface area contributed by atoms with Crippen molar-refractivity contribution in [3.05, 3.63) is 48.4 Å². The van der Waals surface area contributed by atoms with Crippen LogP contribution < -0.4 is 5.32 Å². The largest absolute Gasteiger partial charge is 0.468 e. The number of carbonyl (C=O) groups excluding carboxylic acids is 1. The number of carbonyl (C=O) groups is 1. The van der Waals surface area contributed by atoms with Gasteiger partial charge in [0, 0.05) is 18.8 Å². The molecule has 1 aromatic heterocycles. The molecule has 25 heavy (non-hydrogen) atoms. The van der Waals surface area contributed by atoms with Gasteiger partial charge in [-0.05, 0) is 30.3 Å². The molecule has 6 nitrogen and oxygen atoms in total. The second-order valence-corrected chi connectivity index (χ2v) is 8.16. The van der Waals surface area contributed by atoms with Crippen molar-refractivity contribution in [1.82, 2.24) is 4.31 Å². The first-order valence-electron chi connectivity index (χ1n) is 7.97. The number of amides is 1. The number of furan rings is 1. The van der Waals surface area contributed by atoms with Crippen molar-refractivity contribution < 1.29 is 17.6 Å². The highest BCUT2D eigenvalue weighted by atomic mass is 32.2. The number of hydrogen-bond donors (Lipinski definition) is 1. The van der Waals surface area contributed by atoms with E-state index in [0.717, 1.165) is 5.76 Å². The Labute approximate surface area is 152 Å². The Bertz CT molecular complexity index is 785. The van der Waals surface area contributed by atoms with E-state index in [1.807, 2.05) is 6.07 Å². The first-order valence-corrected chi connectivity index (χ1v) is 10.6. The fourth-order valence-electron chi connectivity index (χ4n) is 2.28. The lowest BCUT2D eigenvalue weighted by molar-refractivity contribution is -0.113. The molecule has 1 aromatic carbocycles. The number of rotatable bonds is 9. The summed E-state index contributed by atoms with van der Waals surface area (Å²) in [6.07, 6.45) is 1.60. The monoisotopic (exact) mass is 382 g/mol. The minimum Gasteiger partial charge on any atom is -0.468 e. The van der Waals surface area contributed by atoms with E-state index in [9.17, 15) is 13.2 Å². The molecule has 0 bridgehead atoms. The van der Waals surface area contributed by atoms with Gasteiger partial charge >= 0.3 is 0 Å². The van der Waals surface area contributed by atoms with Crippen LogP contribution in [-0.2, 0) is 20.6 Å². The Morgan fingerprint density at radius 1 is 1.20 bits per heavy atom. The number of sulfonamides is 1. The number of nitrogens with zero attached hydrogens (tertiary/aromatic N) is 1. The summed E-state index contributed by atoms with van der Waals surface area (Å²) in [4.78, 5) is 12.2. The number of anilines is 1. The molecule has 0 aliphatic rings. The topological polar surface area (TPSA) is 79.6 Å². The van der Waals surface area contributed by atoms with Crippen LogP contribution in [0.1, 0.15) is 19.6 Å². The van der Waals surface area contributed by atoms with Crippen LogP contribution in [0.5, 0.6) is 0 Å². The maximum atomic E-state index is 12.5. The number of benzene rings is 1. The Hall–Kier alpha value is -1.77. The van der Waals surface area contributed by atoms with Crippen molar-refractivity contribution in [3.63, 3.8) is 0 Å². The predicted octanol–water partition coefficient (Wildman–Crippen LogP) is 3.18. The molecule has 1 N–H and O–H groups in total. The smallest absolute Gasteiger partial charge is 0.243 e. The third-order valence-corrected chi connectivity index (χ3v) is 6.52. The van der Waals surface area contributed by atoms with Crippen LogP contribution in [0.4, 0.5) is 5.69 Å². The van der Waals surface area contributed by atoms with E-state index in [1.165, 1.54) is 28.2 Å². The molecular weight excluding hydrogens is 360 g/mol. The fraction of sp³-hybridized carbons (Fsp3) is 0.353. The summed E-state index contributed by atoms with van der Waals surface area (Å²) in [6.45, 7) is 4.39. The van der Waals surface area contributed by atoms with Crippen molar-refractivity contribution in [3.8, 4) is 0 Å². The molecule has 0 radical (unpaired) electrons. The first kappa shape index (κ1) is 19.6. The summed E-state index contributed by atoms with van der Waals surface area (Å²) in [6, 6.07) is 9.99. The third-order valence-electron chi connectivity index (χ3n) is 3.52. The van der Waals surface area contributed by atoms with Crippen LogP contribution in [0.15, 0.2) is 52.0 Å². The van der Waals surface area contributed by atoms with Gasteiger partial charge in [-0.1, -0.05) is 19.9 Å². The van der Waals surface area contributed by atoms with Gasteiger partial charge in [0.2, 0.25) is 15.9 Å². The molecule has 1 amide bonds. The summed E-state index contributed by atoms with van der Waals surface area (Å²) in [5.74, 6) is 1.49. The zero-order valence-electron chi connectivity index (χ0n) is 14.3. The van der Waals surface area contributed by atoms with Crippen molar-refractivity contribution in [1.29, 1.82) is 0 Å². The molecule has 0 spiro atoms. The highest BCUT2D eigenvalue weighted by Crippen LogP contribution is 2.20. The molecule has 0 saturated carbocycles. The van der Waals surface area contributed by atoms with E-state index in [4.69, 9.17) is 4.42 Å². The minimum atomic E-state index is -3.54. The lowest BCUT2D eigenvalue weighted by Crippen LogP contribution is -2.30. The summed E-state index contributed by atoms with van der Waals surface area (Å²) >= 11 is 1.43.